The number of aromatic nitrogens is 2. The highest BCUT2D eigenvalue weighted by Gasteiger charge is 2.18. The smallest absolute Gasteiger partial charge is 0.252 e. The van der Waals surface area contributed by atoms with Gasteiger partial charge in [-0.15, -0.1) is 0 Å². The van der Waals surface area contributed by atoms with Crippen LogP contribution in [0.25, 0.3) is 5.65 Å². The Labute approximate surface area is 105 Å². The number of carbonyl (C=O) groups is 1. The molecule has 5 heteroatoms. The summed E-state index contributed by atoms with van der Waals surface area (Å²) in [6.07, 6.45) is 6.14. The Bertz CT molecular complexity index is 525. The molecule has 3 heterocycles. The van der Waals surface area contributed by atoms with Crippen LogP contribution in [0, 0.1) is 0 Å². The van der Waals surface area contributed by atoms with Crippen molar-refractivity contribution in [3.05, 3.63) is 36.3 Å². The van der Waals surface area contributed by atoms with Gasteiger partial charge in [-0.05, 0) is 25.0 Å². The van der Waals surface area contributed by atoms with Gasteiger partial charge in [0.1, 0.15) is 5.65 Å². The number of carbonyl (C=O) groups excluding carboxylic acids is 1. The number of amides is 1. The van der Waals surface area contributed by atoms with Gasteiger partial charge < -0.3 is 4.40 Å². The van der Waals surface area contributed by atoms with Crippen molar-refractivity contribution in [2.24, 2.45) is 0 Å². The molecule has 0 aliphatic carbocycles. The third-order valence-corrected chi connectivity index (χ3v) is 3.03. The fourth-order valence-corrected chi connectivity index (χ4v) is 2.11. The molecule has 0 N–H and O–H groups in total. The first-order valence-corrected chi connectivity index (χ1v) is 6.19. The van der Waals surface area contributed by atoms with Crippen LogP contribution in [-0.4, -0.2) is 33.5 Å². The second kappa shape index (κ2) is 4.78. The lowest BCUT2D eigenvalue weighted by Crippen LogP contribution is -2.36. The molecule has 0 aromatic carbocycles. The van der Waals surface area contributed by atoms with Gasteiger partial charge in [0.15, 0.2) is 0 Å². The van der Waals surface area contributed by atoms with Crippen molar-refractivity contribution in [2.75, 3.05) is 13.2 Å². The largest absolute Gasteiger partial charge is 0.307 e. The molecule has 18 heavy (non-hydrogen) atoms. The average Bonchev–Trinajstić information content (AvgIpc) is 2.82. The Balaban J connectivity index is 1.73. The van der Waals surface area contributed by atoms with E-state index in [1.165, 1.54) is 5.06 Å². The van der Waals surface area contributed by atoms with Crippen LogP contribution in [0.15, 0.2) is 30.6 Å². The number of rotatable bonds is 2. The molecule has 1 aliphatic heterocycles. The molecule has 0 bridgehead atoms. The predicted molar refractivity (Wildman–Crippen MR) is 65.8 cm³/mol. The zero-order valence-electron chi connectivity index (χ0n) is 10.1. The number of fused-ring (bicyclic) bond motifs is 1. The first-order valence-electron chi connectivity index (χ1n) is 6.19. The number of hydroxylamine groups is 2. The predicted octanol–water partition coefficient (Wildman–Crippen LogP) is 1.43. The van der Waals surface area contributed by atoms with Crippen molar-refractivity contribution >= 4 is 11.6 Å². The molecule has 2 aromatic heterocycles. The number of nitrogens with zero attached hydrogens (tertiary/aromatic N) is 3. The minimum Gasteiger partial charge on any atom is -0.307 e. The first kappa shape index (κ1) is 11.2. The van der Waals surface area contributed by atoms with Crippen molar-refractivity contribution in [1.29, 1.82) is 0 Å². The standard InChI is InChI=1S/C13H15N3O2/c17-13(16-7-3-4-8-18-16)9-11-10-15-6-2-1-5-12(15)14-11/h1-2,5-6,10H,3-4,7-9H2. The molecule has 1 amide bonds. The Morgan fingerprint density at radius 1 is 1.39 bits per heavy atom. The SMILES string of the molecule is O=C(Cc1cn2ccccc2n1)N1CCCCO1. The van der Waals surface area contributed by atoms with Gasteiger partial charge in [-0.1, -0.05) is 6.07 Å². The summed E-state index contributed by atoms with van der Waals surface area (Å²) in [7, 11) is 0. The minimum absolute atomic E-state index is 0.0156. The summed E-state index contributed by atoms with van der Waals surface area (Å²) in [4.78, 5) is 21.7. The van der Waals surface area contributed by atoms with E-state index in [2.05, 4.69) is 4.98 Å². The molecule has 1 aliphatic rings. The second-order valence-electron chi connectivity index (χ2n) is 4.41. The van der Waals surface area contributed by atoms with Gasteiger partial charge in [0.25, 0.3) is 5.91 Å². The Kier molecular flexibility index (Phi) is 2.98. The minimum atomic E-state index is -0.0156. The summed E-state index contributed by atoms with van der Waals surface area (Å²) in [5.41, 5.74) is 1.64. The molecule has 0 saturated carbocycles. The van der Waals surface area contributed by atoms with Crippen molar-refractivity contribution in [1.82, 2.24) is 14.4 Å². The van der Waals surface area contributed by atoms with E-state index in [0.717, 1.165) is 24.2 Å². The molecule has 3 rings (SSSR count). The highest BCUT2D eigenvalue weighted by atomic mass is 16.7. The molecular formula is C13H15N3O2. The summed E-state index contributed by atoms with van der Waals surface area (Å²) in [6, 6.07) is 5.79. The van der Waals surface area contributed by atoms with Crippen LogP contribution >= 0.6 is 0 Å². The molecule has 1 saturated heterocycles. The van der Waals surface area contributed by atoms with Gasteiger partial charge >= 0.3 is 0 Å². The molecule has 0 radical (unpaired) electrons. The maximum Gasteiger partial charge on any atom is 0.252 e. The summed E-state index contributed by atoms with van der Waals surface area (Å²) >= 11 is 0. The first-order chi connectivity index (χ1) is 8.83. The zero-order valence-corrected chi connectivity index (χ0v) is 10.1. The van der Waals surface area contributed by atoms with Crippen LogP contribution in [0.3, 0.4) is 0 Å². The van der Waals surface area contributed by atoms with Crippen molar-refractivity contribution in [3.8, 4) is 0 Å². The van der Waals surface area contributed by atoms with Gasteiger partial charge in [-0.2, -0.15) is 0 Å². The number of hydrogen-bond acceptors (Lipinski definition) is 3. The van der Waals surface area contributed by atoms with E-state index < -0.39 is 0 Å². The van der Waals surface area contributed by atoms with Crippen LogP contribution in [0.1, 0.15) is 18.5 Å². The van der Waals surface area contributed by atoms with Crippen molar-refractivity contribution in [2.45, 2.75) is 19.3 Å². The molecule has 94 valence electrons. The Morgan fingerprint density at radius 3 is 3.11 bits per heavy atom. The van der Waals surface area contributed by atoms with Gasteiger partial charge in [0.05, 0.1) is 18.7 Å². The van der Waals surface area contributed by atoms with E-state index >= 15 is 0 Å². The van der Waals surface area contributed by atoms with Gasteiger partial charge in [0, 0.05) is 18.9 Å². The average molecular weight is 245 g/mol. The quantitative estimate of drug-likeness (QED) is 0.804. The summed E-state index contributed by atoms with van der Waals surface area (Å²) in [6.45, 7) is 1.32. The lowest BCUT2D eigenvalue weighted by atomic mass is 10.2. The topological polar surface area (TPSA) is 46.8 Å². The number of imidazole rings is 1. The van der Waals surface area contributed by atoms with Crippen LogP contribution < -0.4 is 0 Å². The molecule has 5 nitrogen and oxygen atoms in total. The van der Waals surface area contributed by atoms with Crippen molar-refractivity contribution in [3.63, 3.8) is 0 Å². The highest BCUT2D eigenvalue weighted by Crippen LogP contribution is 2.10. The molecular weight excluding hydrogens is 230 g/mol. The lowest BCUT2D eigenvalue weighted by Gasteiger charge is -2.25. The normalized spacial score (nSPS) is 16.1. The van der Waals surface area contributed by atoms with E-state index in [-0.39, 0.29) is 5.91 Å². The summed E-state index contributed by atoms with van der Waals surface area (Å²) in [5.74, 6) is -0.0156. The third-order valence-electron chi connectivity index (χ3n) is 3.03. The lowest BCUT2D eigenvalue weighted by molar-refractivity contribution is -0.196. The maximum atomic E-state index is 12.0. The van der Waals surface area contributed by atoms with Crippen LogP contribution in [0.2, 0.25) is 0 Å². The maximum absolute atomic E-state index is 12.0. The van der Waals surface area contributed by atoms with E-state index in [4.69, 9.17) is 4.84 Å². The van der Waals surface area contributed by atoms with E-state index in [1.54, 1.807) is 0 Å². The molecule has 0 unspecified atom stereocenters. The molecule has 0 spiro atoms. The monoisotopic (exact) mass is 245 g/mol. The third kappa shape index (κ3) is 2.22. The fraction of sp³-hybridized carbons (Fsp3) is 0.385. The van der Waals surface area contributed by atoms with E-state index in [0.29, 0.717) is 19.6 Å². The van der Waals surface area contributed by atoms with Gasteiger partial charge in [-0.25, -0.2) is 10.0 Å². The zero-order chi connectivity index (χ0) is 12.4. The Morgan fingerprint density at radius 2 is 2.33 bits per heavy atom. The molecule has 1 fully saturated rings. The second-order valence-corrected chi connectivity index (χ2v) is 4.41. The molecule has 2 aromatic rings. The van der Waals surface area contributed by atoms with Crippen LogP contribution in [0.4, 0.5) is 0 Å². The Hall–Kier alpha value is -1.88. The summed E-state index contributed by atoms with van der Waals surface area (Å²) < 4.78 is 1.92. The van der Waals surface area contributed by atoms with Gasteiger partial charge in [0.2, 0.25) is 0 Å². The highest BCUT2D eigenvalue weighted by molar-refractivity contribution is 5.77. The van der Waals surface area contributed by atoms with Gasteiger partial charge in [-0.3, -0.25) is 9.63 Å². The molecule has 0 atom stereocenters. The van der Waals surface area contributed by atoms with E-state index in [9.17, 15) is 4.79 Å². The van der Waals surface area contributed by atoms with Crippen LogP contribution in [0.5, 0.6) is 0 Å². The number of hydrogen-bond donors (Lipinski definition) is 0. The fourth-order valence-electron chi connectivity index (χ4n) is 2.11. The summed E-state index contributed by atoms with van der Waals surface area (Å²) in [5, 5.41) is 1.47. The van der Waals surface area contributed by atoms with E-state index in [1.807, 2.05) is 35.0 Å². The number of pyridine rings is 1. The van der Waals surface area contributed by atoms with Crippen molar-refractivity contribution < 1.29 is 9.63 Å². The van der Waals surface area contributed by atoms with Crippen LogP contribution in [-0.2, 0) is 16.1 Å².